The van der Waals surface area contributed by atoms with Crippen molar-refractivity contribution in [2.24, 2.45) is 0 Å². The Morgan fingerprint density at radius 1 is 1.28 bits per heavy atom. The molecule has 0 radical (unpaired) electrons. The number of benzene rings is 1. The largest absolute Gasteiger partial charge is 0.497 e. The average molecular weight is 437 g/mol. The first-order chi connectivity index (χ1) is 15.4. The van der Waals surface area contributed by atoms with E-state index in [1.165, 1.54) is 0 Å². The summed E-state index contributed by atoms with van der Waals surface area (Å²) in [4.78, 5) is 21.5. The SMILES string of the molecule is COCCC(=O)N1CCN(c2nc(C(C)C)c(-c3cccc(OC)c3)cc2C#N)CC1C. The van der Waals surface area contributed by atoms with E-state index in [-0.39, 0.29) is 17.9 Å². The lowest BCUT2D eigenvalue weighted by atomic mass is 9.95. The van der Waals surface area contributed by atoms with Crippen LogP contribution in [0.25, 0.3) is 11.1 Å². The molecule has 2 aromatic rings. The van der Waals surface area contributed by atoms with Crippen molar-refractivity contribution < 1.29 is 14.3 Å². The highest BCUT2D eigenvalue weighted by molar-refractivity contribution is 5.77. The van der Waals surface area contributed by atoms with Gasteiger partial charge >= 0.3 is 0 Å². The van der Waals surface area contributed by atoms with Gasteiger partial charge in [-0.3, -0.25) is 4.79 Å². The monoisotopic (exact) mass is 436 g/mol. The van der Waals surface area contributed by atoms with Gasteiger partial charge in [-0.1, -0.05) is 26.0 Å². The van der Waals surface area contributed by atoms with Gasteiger partial charge in [0.2, 0.25) is 5.91 Å². The van der Waals surface area contributed by atoms with Gasteiger partial charge in [0.25, 0.3) is 0 Å². The predicted octanol–water partition coefficient (Wildman–Crippen LogP) is 3.83. The molecule has 0 bridgehead atoms. The Kier molecular flexibility index (Phi) is 7.70. The first-order valence-electron chi connectivity index (χ1n) is 11.0. The quantitative estimate of drug-likeness (QED) is 0.656. The summed E-state index contributed by atoms with van der Waals surface area (Å²) in [5, 5.41) is 9.93. The second-order valence-electron chi connectivity index (χ2n) is 8.42. The van der Waals surface area contributed by atoms with Crippen LogP contribution in [0, 0.1) is 11.3 Å². The molecule has 0 spiro atoms. The zero-order valence-corrected chi connectivity index (χ0v) is 19.6. The number of ether oxygens (including phenoxy) is 2. The molecular formula is C25H32N4O3. The molecule has 1 atom stereocenters. The second-order valence-corrected chi connectivity index (χ2v) is 8.42. The molecule has 0 saturated carbocycles. The second kappa shape index (κ2) is 10.5. The number of piperazine rings is 1. The van der Waals surface area contributed by atoms with Crippen LogP contribution in [-0.4, -0.2) is 62.3 Å². The number of hydrogen-bond donors (Lipinski definition) is 0. The molecule has 1 amide bonds. The highest BCUT2D eigenvalue weighted by atomic mass is 16.5. The lowest BCUT2D eigenvalue weighted by Crippen LogP contribution is -2.54. The fraction of sp³-hybridized carbons (Fsp3) is 0.480. The first kappa shape index (κ1) is 23.6. The molecule has 3 rings (SSSR count). The van der Waals surface area contributed by atoms with Gasteiger partial charge in [0.1, 0.15) is 17.6 Å². The van der Waals surface area contributed by atoms with E-state index in [1.807, 2.05) is 42.2 Å². The van der Waals surface area contributed by atoms with Crippen molar-refractivity contribution in [3.63, 3.8) is 0 Å². The molecule has 32 heavy (non-hydrogen) atoms. The minimum Gasteiger partial charge on any atom is -0.497 e. The van der Waals surface area contributed by atoms with Crippen molar-refractivity contribution in [1.82, 2.24) is 9.88 Å². The fourth-order valence-corrected chi connectivity index (χ4v) is 4.16. The summed E-state index contributed by atoms with van der Waals surface area (Å²) in [7, 11) is 3.25. The van der Waals surface area contributed by atoms with Gasteiger partial charge in [0, 0.05) is 38.3 Å². The van der Waals surface area contributed by atoms with Gasteiger partial charge in [-0.05, 0) is 36.6 Å². The van der Waals surface area contributed by atoms with Crippen LogP contribution < -0.4 is 9.64 Å². The number of carbonyl (C=O) groups is 1. The van der Waals surface area contributed by atoms with Crippen LogP contribution in [0.2, 0.25) is 0 Å². The highest BCUT2D eigenvalue weighted by Crippen LogP contribution is 2.34. The van der Waals surface area contributed by atoms with Crippen LogP contribution in [0.4, 0.5) is 5.82 Å². The van der Waals surface area contributed by atoms with Crippen LogP contribution >= 0.6 is 0 Å². The Balaban J connectivity index is 1.94. The number of nitrogens with zero attached hydrogens (tertiary/aromatic N) is 4. The molecular weight excluding hydrogens is 404 g/mol. The molecule has 1 aromatic heterocycles. The highest BCUT2D eigenvalue weighted by Gasteiger charge is 2.29. The molecule has 1 aromatic carbocycles. The smallest absolute Gasteiger partial charge is 0.225 e. The van der Waals surface area contributed by atoms with Crippen LogP contribution in [0.5, 0.6) is 5.75 Å². The van der Waals surface area contributed by atoms with Crippen molar-refractivity contribution in [3.05, 3.63) is 41.6 Å². The lowest BCUT2D eigenvalue weighted by molar-refractivity contribution is -0.134. The van der Waals surface area contributed by atoms with Crippen molar-refractivity contribution in [2.45, 2.75) is 39.2 Å². The Labute approximate surface area is 190 Å². The normalized spacial score (nSPS) is 16.2. The molecule has 1 unspecified atom stereocenters. The van der Waals surface area contributed by atoms with E-state index < -0.39 is 0 Å². The maximum Gasteiger partial charge on any atom is 0.225 e. The number of hydrogen-bond acceptors (Lipinski definition) is 6. The number of aromatic nitrogens is 1. The lowest BCUT2D eigenvalue weighted by Gasteiger charge is -2.41. The minimum absolute atomic E-state index is 0.0296. The third-order valence-electron chi connectivity index (χ3n) is 5.85. The van der Waals surface area contributed by atoms with Crippen LogP contribution in [0.3, 0.4) is 0 Å². The van der Waals surface area contributed by atoms with E-state index in [2.05, 4.69) is 24.8 Å². The zero-order chi connectivity index (χ0) is 23.3. The molecule has 7 nitrogen and oxygen atoms in total. The van der Waals surface area contributed by atoms with E-state index in [4.69, 9.17) is 14.5 Å². The van der Waals surface area contributed by atoms with E-state index in [9.17, 15) is 10.1 Å². The zero-order valence-electron chi connectivity index (χ0n) is 19.6. The summed E-state index contributed by atoms with van der Waals surface area (Å²) in [6.45, 7) is 8.56. The van der Waals surface area contributed by atoms with Gasteiger partial charge in [-0.25, -0.2) is 4.98 Å². The first-order valence-corrected chi connectivity index (χ1v) is 11.0. The Morgan fingerprint density at radius 2 is 2.06 bits per heavy atom. The van der Waals surface area contributed by atoms with Gasteiger partial charge in [0.15, 0.2) is 0 Å². The molecule has 0 aliphatic carbocycles. The molecule has 1 aliphatic heterocycles. The number of methoxy groups -OCH3 is 2. The maximum atomic E-state index is 12.5. The van der Waals surface area contributed by atoms with Crippen molar-refractivity contribution in [1.29, 1.82) is 5.26 Å². The standard InChI is InChI=1S/C25H32N4O3/c1-17(2)24-22(19-7-6-8-21(13-19)32-5)14-20(15-26)25(27-24)28-10-11-29(18(3)16-28)23(30)9-12-31-4/h6-8,13-14,17-18H,9-12,16H2,1-5H3. The number of rotatable bonds is 7. The molecule has 1 aliphatic rings. The Morgan fingerprint density at radius 3 is 2.69 bits per heavy atom. The number of anilines is 1. The van der Waals surface area contributed by atoms with Crippen LogP contribution in [0.15, 0.2) is 30.3 Å². The number of amides is 1. The third kappa shape index (κ3) is 5.03. The molecule has 1 saturated heterocycles. The summed E-state index contributed by atoms with van der Waals surface area (Å²) in [5.74, 6) is 1.74. The molecule has 0 N–H and O–H groups in total. The van der Waals surface area contributed by atoms with Crippen LogP contribution in [0.1, 0.15) is 44.4 Å². The molecule has 170 valence electrons. The Bertz CT molecular complexity index is 999. The van der Waals surface area contributed by atoms with Gasteiger partial charge in [-0.15, -0.1) is 0 Å². The Hall–Kier alpha value is -3.11. The number of carbonyl (C=O) groups excluding carboxylic acids is 1. The average Bonchev–Trinajstić information content (AvgIpc) is 2.81. The minimum atomic E-state index is 0.0296. The summed E-state index contributed by atoms with van der Waals surface area (Å²) < 4.78 is 10.4. The predicted molar refractivity (Wildman–Crippen MR) is 125 cm³/mol. The molecule has 1 fully saturated rings. The summed E-state index contributed by atoms with van der Waals surface area (Å²) >= 11 is 0. The number of nitriles is 1. The topological polar surface area (TPSA) is 78.7 Å². The number of pyridine rings is 1. The maximum absolute atomic E-state index is 12.5. The molecule has 2 heterocycles. The fourth-order valence-electron chi connectivity index (χ4n) is 4.16. The van der Waals surface area contributed by atoms with E-state index in [0.717, 1.165) is 22.6 Å². The van der Waals surface area contributed by atoms with Crippen molar-refractivity contribution in [3.8, 4) is 22.9 Å². The van der Waals surface area contributed by atoms with E-state index >= 15 is 0 Å². The van der Waals surface area contributed by atoms with Gasteiger partial charge < -0.3 is 19.3 Å². The van der Waals surface area contributed by atoms with Crippen LogP contribution in [-0.2, 0) is 9.53 Å². The van der Waals surface area contributed by atoms with E-state index in [1.54, 1.807) is 14.2 Å². The summed E-state index contributed by atoms with van der Waals surface area (Å²) in [6.07, 6.45) is 0.384. The van der Waals surface area contributed by atoms with Crippen molar-refractivity contribution in [2.75, 3.05) is 45.4 Å². The third-order valence-corrected chi connectivity index (χ3v) is 5.85. The molecule has 7 heteroatoms. The van der Waals surface area contributed by atoms with Gasteiger partial charge in [-0.2, -0.15) is 5.26 Å². The van der Waals surface area contributed by atoms with E-state index in [0.29, 0.717) is 44.0 Å². The van der Waals surface area contributed by atoms with Crippen molar-refractivity contribution >= 4 is 11.7 Å². The summed E-state index contributed by atoms with van der Waals surface area (Å²) in [6, 6.07) is 12.1. The summed E-state index contributed by atoms with van der Waals surface area (Å²) in [5.41, 5.74) is 3.41. The van der Waals surface area contributed by atoms with Gasteiger partial charge in [0.05, 0.1) is 31.4 Å².